The number of H-pyrrole nitrogens is 1. The number of aromatic amines is 1. The molecule has 0 atom stereocenters. The van der Waals surface area contributed by atoms with E-state index in [0.717, 1.165) is 36.5 Å². The Bertz CT molecular complexity index is 561. The van der Waals surface area contributed by atoms with Crippen LogP contribution in [0.5, 0.6) is 0 Å². The lowest BCUT2D eigenvalue weighted by Gasteiger charge is -2.06. The predicted molar refractivity (Wildman–Crippen MR) is 56.2 cm³/mol. The van der Waals surface area contributed by atoms with Gasteiger partial charge in [-0.1, -0.05) is 12.1 Å². The molecular formula is C12H7F6N. The van der Waals surface area contributed by atoms with Crippen LogP contribution in [0.25, 0.3) is 11.3 Å². The van der Waals surface area contributed by atoms with Crippen LogP contribution in [0.4, 0.5) is 26.3 Å². The summed E-state index contributed by atoms with van der Waals surface area (Å²) in [4.78, 5) is 2.39. The number of hydrogen-bond donors (Lipinski definition) is 1. The van der Waals surface area contributed by atoms with E-state index in [2.05, 4.69) is 4.98 Å². The molecule has 2 aromatic rings. The number of hydrogen-bond acceptors (Lipinski definition) is 0. The summed E-state index contributed by atoms with van der Waals surface area (Å²) in [6, 6.07) is 4.74. The third kappa shape index (κ3) is 2.91. The standard InChI is InChI=1S/C12H7F6N/c13-11(14,15)8-3-1-7(2-4-8)10-5-9(6-19-10)12(16,17)18/h1-6,19H. The Morgan fingerprint density at radius 3 is 1.68 bits per heavy atom. The van der Waals surface area contributed by atoms with Gasteiger partial charge in [-0.2, -0.15) is 26.3 Å². The highest BCUT2D eigenvalue weighted by Crippen LogP contribution is 2.33. The molecule has 0 radical (unpaired) electrons. The lowest BCUT2D eigenvalue weighted by molar-refractivity contribution is -0.138. The summed E-state index contributed by atoms with van der Waals surface area (Å²) >= 11 is 0. The van der Waals surface area contributed by atoms with Crippen molar-refractivity contribution in [3.8, 4) is 11.3 Å². The van der Waals surface area contributed by atoms with Crippen LogP contribution in [0.15, 0.2) is 36.5 Å². The molecule has 2 rings (SSSR count). The number of alkyl halides is 6. The Labute approximate surface area is 103 Å². The highest BCUT2D eigenvalue weighted by molar-refractivity contribution is 5.61. The van der Waals surface area contributed by atoms with Crippen molar-refractivity contribution >= 4 is 0 Å². The van der Waals surface area contributed by atoms with Gasteiger partial charge < -0.3 is 4.98 Å². The van der Waals surface area contributed by atoms with Crippen LogP contribution in [0.2, 0.25) is 0 Å². The first-order valence-electron chi connectivity index (χ1n) is 5.11. The highest BCUT2D eigenvalue weighted by atomic mass is 19.4. The number of halogens is 6. The summed E-state index contributed by atoms with van der Waals surface area (Å²) in [7, 11) is 0. The van der Waals surface area contributed by atoms with Crippen molar-refractivity contribution in [1.29, 1.82) is 0 Å². The lowest BCUT2D eigenvalue weighted by atomic mass is 10.1. The quantitative estimate of drug-likeness (QED) is 0.727. The predicted octanol–water partition coefficient (Wildman–Crippen LogP) is 4.72. The summed E-state index contributed by atoms with van der Waals surface area (Å²) in [5.74, 6) is 0. The van der Waals surface area contributed by atoms with Gasteiger partial charge in [0.05, 0.1) is 11.1 Å². The molecule has 1 nitrogen and oxygen atoms in total. The normalized spacial score (nSPS) is 12.7. The molecule has 0 unspecified atom stereocenters. The second kappa shape index (κ2) is 4.32. The second-order valence-corrected chi connectivity index (χ2v) is 3.87. The molecule has 0 saturated carbocycles. The molecule has 1 aromatic carbocycles. The minimum Gasteiger partial charge on any atom is -0.361 e. The zero-order valence-corrected chi connectivity index (χ0v) is 9.23. The maximum absolute atomic E-state index is 12.4. The number of benzene rings is 1. The molecule has 1 aromatic heterocycles. The van der Waals surface area contributed by atoms with E-state index < -0.39 is 23.5 Å². The Hall–Kier alpha value is -1.92. The Morgan fingerprint density at radius 1 is 0.737 bits per heavy atom. The third-order valence-corrected chi connectivity index (χ3v) is 2.53. The van der Waals surface area contributed by atoms with Crippen molar-refractivity contribution < 1.29 is 26.3 Å². The molecule has 7 heteroatoms. The van der Waals surface area contributed by atoms with Crippen LogP contribution in [0, 0.1) is 0 Å². The minimum absolute atomic E-state index is 0.112. The van der Waals surface area contributed by atoms with Crippen LogP contribution >= 0.6 is 0 Å². The van der Waals surface area contributed by atoms with Crippen molar-refractivity contribution in [3.05, 3.63) is 47.7 Å². The SMILES string of the molecule is FC(F)(F)c1ccc(-c2cc(C(F)(F)F)c[nH]2)cc1. The zero-order chi connectivity index (χ0) is 14.3. The molecule has 1 heterocycles. The van der Waals surface area contributed by atoms with E-state index in [9.17, 15) is 26.3 Å². The van der Waals surface area contributed by atoms with Gasteiger partial charge in [0.1, 0.15) is 0 Å². The fraction of sp³-hybridized carbons (Fsp3) is 0.167. The van der Waals surface area contributed by atoms with Crippen LogP contribution in [0.1, 0.15) is 11.1 Å². The summed E-state index contributed by atoms with van der Waals surface area (Å²) in [6.07, 6.45) is -8.18. The van der Waals surface area contributed by atoms with Gasteiger partial charge in [-0.05, 0) is 23.8 Å². The van der Waals surface area contributed by atoms with Gasteiger partial charge in [0.15, 0.2) is 0 Å². The monoisotopic (exact) mass is 279 g/mol. The van der Waals surface area contributed by atoms with E-state index in [1.165, 1.54) is 0 Å². The van der Waals surface area contributed by atoms with Crippen molar-refractivity contribution in [1.82, 2.24) is 4.98 Å². The second-order valence-electron chi connectivity index (χ2n) is 3.87. The van der Waals surface area contributed by atoms with Gasteiger partial charge in [-0.3, -0.25) is 0 Å². The molecule has 0 aliphatic rings. The summed E-state index contributed by atoms with van der Waals surface area (Å²) in [5, 5.41) is 0. The van der Waals surface area contributed by atoms with Gasteiger partial charge in [-0.25, -0.2) is 0 Å². The molecule has 0 aliphatic carbocycles. The van der Waals surface area contributed by atoms with Crippen molar-refractivity contribution in [2.75, 3.05) is 0 Å². The van der Waals surface area contributed by atoms with E-state index in [1.807, 2.05) is 0 Å². The molecular weight excluding hydrogens is 272 g/mol. The van der Waals surface area contributed by atoms with E-state index in [-0.39, 0.29) is 11.3 Å². The average Bonchev–Trinajstić information content (AvgIpc) is 2.77. The fourth-order valence-electron chi connectivity index (χ4n) is 1.56. The first kappa shape index (κ1) is 13.5. The molecule has 0 saturated heterocycles. The van der Waals surface area contributed by atoms with Gasteiger partial charge in [-0.15, -0.1) is 0 Å². The van der Waals surface area contributed by atoms with Crippen molar-refractivity contribution in [2.24, 2.45) is 0 Å². The van der Waals surface area contributed by atoms with Gasteiger partial charge in [0.25, 0.3) is 0 Å². The Balaban J connectivity index is 2.31. The van der Waals surface area contributed by atoms with E-state index in [4.69, 9.17) is 0 Å². The van der Waals surface area contributed by atoms with Crippen LogP contribution in [-0.4, -0.2) is 4.98 Å². The minimum atomic E-state index is -4.49. The molecule has 0 spiro atoms. The number of rotatable bonds is 1. The number of aromatic nitrogens is 1. The van der Waals surface area contributed by atoms with E-state index >= 15 is 0 Å². The maximum Gasteiger partial charge on any atom is 0.417 e. The Kier molecular flexibility index (Phi) is 3.07. The van der Waals surface area contributed by atoms with E-state index in [0.29, 0.717) is 0 Å². The Morgan fingerprint density at radius 2 is 1.26 bits per heavy atom. The van der Waals surface area contributed by atoms with E-state index in [1.54, 1.807) is 0 Å². The number of nitrogens with one attached hydrogen (secondary N) is 1. The van der Waals surface area contributed by atoms with Crippen LogP contribution < -0.4 is 0 Å². The first-order valence-corrected chi connectivity index (χ1v) is 5.11. The van der Waals surface area contributed by atoms with Crippen LogP contribution in [-0.2, 0) is 12.4 Å². The molecule has 19 heavy (non-hydrogen) atoms. The van der Waals surface area contributed by atoms with Crippen molar-refractivity contribution in [2.45, 2.75) is 12.4 Å². The van der Waals surface area contributed by atoms with Gasteiger partial charge in [0.2, 0.25) is 0 Å². The van der Waals surface area contributed by atoms with Gasteiger partial charge in [0, 0.05) is 11.9 Å². The lowest BCUT2D eigenvalue weighted by Crippen LogP contribution is -2.04. The first-order chi connectivity index (χ1) is 8.68. The van der Waals surface area contributed by atoms with Crippen LogP contribution in [0.3, 0.4) is 0 Å². The molecule has 0 fully saturated rings. The van der Waals surface area contributed by atoms with Crippen molar-refractivity contribution in [3.63, 3.8) is 0 Å². The molecule has 0 amide bonds. The zero-order valence-electron chi connectivity index (χ0n) is 9.23. The largest absolute Gasteiger partial charge is 0.417 e. The summed E-state index contributed by atoms with van der Waals surface area (Å²) < 4.78 is 74.1. The van der Waals surface area contributed by atoms with Gasteiger partial charge >= 0.3 is 12.4 Å². The smallest absolute Gasteiger partial charge is 0.361 e. The fourth-order valence-corrected chi connectivity index (χ4v) is 1.56. The molecule has 102 valence electrons. The molecule has 1 N–H and O–H groups in total. The molecule has 0 bridgehead atoms. The topological polar surface area (TPSA) is 15.8 Å². The summed E-state index contributed by atoms with van der Waals surface area (Å²) in [6.45, 7) is 0. The molecule has 0 aliphatic heterocycles. The summed E-state index contributed by atoms with van der Waals surface area (Å²) in [5.41, 5.74) is -1.36. The maximum atomic E-state index is 12.4. The average molecular weight is 279 g/mol. The highest BCUT2D eigenvalue weighted by Gasteiger charge is 2.32. The third-order valence-electron chi connectivity index (χ3n) is 2.53.